The van der Waals surface area contributed by atoms with Gasteiger partial charge < -0.3 is 4.52 Å². The highest BCUT2D eigenvalue weighted by atomic mass is 32.1. The number of rotatable bonds is 2. The molecule has 0 saturated heterocycles. The Labute approximate surface area is 131 Å². The van der Waals surface area contributed by atoms with E-state index in [1.165, 1.54) is 23.3 Å². The van der Waals surface area contributed by atoms with Gasteiger partial charge in [-0.15, -0.1) is 11.3 Å². The molecular weight excluding hydrogens is 298 g/mol. The van der Waals surface area contributed by atoms with Gasteiger partial charge >= 0.3 is 0 Å². The molecular formula is C16H17N3O2S. The van der Waals surface area contributed by atoms with E-state index in [4.69, 9.17) is 4.52 Å². The van der Waals surface area contributed by atoms with Gasteiger partial charge in [-0.05, 0) is 38.2 Å². The Morgan fingerprint density at radius 2 is 2.18 bits per heavy atom. The monoisotopic (exact) mass is 315 g/mol. The van der Waals surface area contributed by atoms with Gasteiger partial charge in [0.05, 0.1) is 18.3 Å². The van der Waals surface area contributed by atoms with Crippen molar-refractivity contribution in [2.75, 3.05) is 0 Å². The van der Waals surface area contributed by atoms with Gasteiger partial charge in [0.15, 0.2) is 0 Å². The summed E-state index contributed by atoms with van der Waals surface area (Å²) in [6.45, 7) is 2.25. The lowest BCUT2D eigenvalue weighted by molar-refractivity contribution is 0.388. The average Bonchev–Trinajstić information content (AvgIpc) is 2.99. The summed E-state index contributed by atoms with van der Waals surface area (Å²) in [7, 11) is 0. The molecule has 0 saturated carbocycles. The van der Waals surface area contributed by atoms with Gasteiger partial charge in [-0.1, -0.05) is 11.6 Å². The van der Waals surface area contributed by atoms with E-state index in [9.17, 15) is 4.79 Å². The summed E-state index contributed by atoms with van der Waals surface area (Å²) in [5.41, 5.74) is 2.04. The Kier molecular flexibility index (Phi) is 3.33. The van der Waals surface area contributed by atoms with Crippen LogP contribution in [0.2, 0.25) is 0 Å². The second kappa shape index (κ2) is 5.35. The number of thiophene rings is 1. The van der Waals surface area contributed by atoms with Crippen LogP contribution >= 0.6 is 11.3 Å². The van der Waals surface area contributed by atoms with Gasteiger partial charge in [0.1, 0.15) is 16.3 Å². The van der Waals surface area contributed by atoms with Crippen LogP contribution in [0.25, 0.3) is 10.2 Å². The maximum absolute atomic E-state index is 12.9. The zero-order valence-corrected chi connectivity index (χ0v) is 13.3. The van der Waals surface area contributed by atoms with Crippen molar-refractivity contribution in [2.24, 2.45) is 0 Å². The maximum atomic E-state index is 12.9. The first-order chi connectivity index (χ1) is 10.7. The summed E-state index contributed by atoms with van der Waals surface area (Å²) in [5, 5.41) is 4.79. The lowest BCUT2D eigenvalue weighted by Gasteiger charge is -2.03. The smallest absolute Gasteiger partial charge is 0.262 e. The molecule has 0 aromatic carbocycles. The van der Waals surface area contributed by atoms with Crippen molar-refractivity contribution in [3.8, 4) is 0 Å². The molecule has 0 bridgehead atoms. The number of hydrogen-bond donors (Lipinski definition) is 0. The topological polar surface area (TPSA) is 60.9 Å². The normalized spacial score (nSPS) is 15.0. The van der Waals surface area contributed by atoms with Crippen LogP contribution in [0.15, 0.2) is 21.7 Å². The summed E-state index contributed by atoms with van der Waals surface area (Å²) in [6, 6.07) is 1.85. The van der Waals surface area contributed by atoms with Crippen molar-refractivity contribution in [2.45, 2.75) is 45.6 Å². The molecule has 0 aliphatic heterocycles. The lowest BCUT2D eigenvalue weighted by Crippen LogP contribution is -2.21. The number of fused-ring (bicyclic) bond motifs is 3. The Morgan fingerprint density at radius 3 is 3.00 bits per heavy atom. The van der Waals surface area contributed by atoms with Gasteiger partial charge in [-0.2, -0.15) is 0 Å². The van der Waals surface area contributed by atoms with Crippen LogP contribution in [0.4, 0.5) is 0 Å². The minimum atomic E-state index is 0.0463. The molecule has 4 rings (SSSR count). The molecule has 22 heavy (non-hydrogen) atoms. The van der Waals surface area contributed by atoms with E-state index >= 15 is 0 Å². The minimum absolute atomic E-state index is 0.0463. The maximum Gasteiger partial charge on any atom is 0.262 e. The predicted molar refractivity (Wildman–Crippen MR) is 85.5 cm³/mol. The van der Waals surface area contributed by atoms with Crippen LogP contribution in [-0.2, 0) is 19.4 Å². The van der Waals surface area contributed by atoms with Crippen molar-refractivity contribution >= 4 is 21.6 Å². The fourth-order valence-electron chi connectivity index (χ4n) is 3.14. The van der Waals surface area contributed by atoms with E-state index in [2.05, 4.69) is 10.1 Å². The second-order valence-corrected chi connectivity index (χ2v) is 6.93. The first-order valence-corrected chi connectivity index (χ1v) is 8.46. The van der Waals surface area contributed by atoms with Gasteiger partial charge in [0.2, 0.25) is 0 Å². The predicted octanol–water partition coefficient (Wildman–Crippen LogP) is 3.07. The molecule has 0 N–H and O–H groups in total. The van der Waals surface area contributed by atoms with E-state index in [-0.39, 0.29) is 5.56 Å². The number of nitrogens with zero attached hydrogens (tertiary/aromatic N) is 3. The number of hydrogen-bond acceptors (Lipinski definition) is 5. The van der Waals surface area contributed by atoms with E-state index in [1.54, 1.807) is 22.2 Å². The van der Waals surface area contributed by atoms with Gasteiger partial charge in [-0.25, -0.2) is 4.98 Å². The first kappa shape index (κ1) is 13.7. The quantitative estimate of drug-likeness (QED) is 0.682. The summed E-state index contributed by atoms with van der Waals surface area (Å²) in [4.78, 5) is 19.6. The summed E-state index contributed by atoms with van der Waals surface area (Å²) < 4.78 is 6.71. The molecule has 114 valence electrons. The molecule has 0 radical (unpaired) electrons. The molecule has 3 aromatic heterocycles. The Morgan fingerprint density at radius 1 is 1.32 bits per heavy atom. The van der Waals surface area contributed by atoms with Crippen LogP contribution in [0.3, 0.4) is 0 Å². The summed E-state index contributed by atoms with van der Waals surface area (Å²) >= 11 is 1.69. The molecule has 0 spiro atoms. The SMILES string of the molecule is Cc1cc(Cn2cnc3sc4c(c3c2=O)CCCCC4)no1. The zero-order valence-electron chi connectivity index (χ0n) is 12.5. The minimum Gasteiger partial charge on any atom is -0.361 e. The molecule has 0 atom stereocenters. The van der Waals surface area contributed by atoms with Crippen LogP contribution in [0.1, 0.15) is 41.2 Å². The van der Waals surface area contributed by atoms with Gasteiger partial charge in [-0.3, -0.25) is 9.36 Å². The Balaban J connectivity index is 1.82. The molecule has 3 aromatic rings. The molecule has 1 aliphatic rings. The van der Waals surface area contributed by atoms with Crippen LogP contribution in [0, 0.1) is 6.92 Å². The van der Waals surface area contributed by atoms with Crippen LogP contribution in [-0.4, -0.2) is 14.7 Å². The first-order valence-electron chi connectivity index (χ1n) is 7.64. The van der Waals surface area contributed by atoms with Gasteiger partial charge in [0, 0.05) is 10.9 Å². The Bertz CT molecular complexity index is 891. The average molecular weight is 315 g/mol. The van der Waals surface area contributed by atoms with E-state index in [1.807, 2.05) is 13.0 Å². The van der Waals surface area contributed by atoms with Crippen LogP contribution in [0.5, 0.6) is 0 Å². The lowest BCUT2D eigenvalue weighted by atomic mass is 10.1. The van der Waals surface area contributed by atoms with E-state index < -0.39 is 0 Å². The van der Waals surface area contributed by atoms with E-state index in [0.717, 1.165) is 40.9 Å². The molecule has 0 unspecified atom stereocenters. The highest BCUT2D eigenvalue weighted by Gasteiger charge is 2.19. The van der Waals surface area contributed by atoms with E-state index in [0.29, 0.717) is 6.54 Å². The highest BCUT2D eigenvalue weighted by Crippen LogP contribution is 2.32. The molecule has 0 amide bonds. The van der Waals surface area contributed by atoms with Crippen molar-refractivity contribution in [3.05, 3.63) is 44.6 Å². The Hall–Kier alpha value is -1.95. The van der Waals surface area contributed by atoms with Crippen molar-refractivity contribution in [3.63, 3.8) is 0 Å². The molecule has 0 fully saturated rings. The van der Waals surface area contributed by atoms with Crippen molar-refractivity contribution < 1.29 is 4.52 Å². The highest BCUT2D eigenvalue weighted by molar-refractivity contribution is 7.18. The third-order valence-corrected chi connectivity index (χ3v) is 5.40. The summed E-state index contributed by atoms with van der Waals surface area (Å²) in [5.74, 6) is 0.751. The number of aryl methyl sites for hydroxylation is 3. The van der Waals surface area contributed by atoms with Crippen molar-refractivity contribution in [1.29, 1.82) is 0 Å². The fourth-order valence-corrected chi connectivity index (χ4v) is 4.36. The fraction of sp³-hybridized carbons (Fsp3) is 0.438. The summed E-state index contributed by atoms with van der Waals surface area (Å²) in [6.07, 6.45) is 7.33. The van der Waals surface area contributed by atoms with Crippen molar-refractivity contribution in [1.82, 2.24) is 14.7 Å². The molecule has 5 nitrogen and oxygen atoms in total. The number of aromatic nitrogens is 3. The third kappa shape index (κ3) is 2.27. The largest absolute Gasteiger partial charge is 0.361 e. The second-order valence-electron chi connectivity index (χ2n) is 5.85. The molecule has 1 aliphatic carbocycles. The van der Waals surface area contributed by atoms with Crippen LogP contribution < -0.4 is 5.56 Å². The molecule has 6 heteroatoms. The third-order valence-electron chi connectivity index (χ3n) is 4.20. The van der Waals surface area contributed by atoms with Gasteiger partial charge in [0.25, 0.3) is 5.56 Å². The standard InChI is InChI=1S/C16H17N3O2S/c1-10-7-11(18-21-10)8-19-9-17-15-14(16(19)20)12-5-3-2-4-6-13(12)22-15/h7,9H,2-6,8H2,1H3. The molecule has 3 heterocycles. The zero-order chi connectivity index (χ0) is 15.1.